The molecule has 0 spiro atoms. The summed E-state index contributed by atoms with van der Waals surface area (Å²) in [5.74, 6) is 2.68. The van der Waals surface area contributed by atoms with Crippen LogP contribution in [0.5, 0.6) is 5.75 Å². The van der Waals surface area contributed by atoms with Crippen molar-refractivity contribution < 1.29 is 19.0 Å². The number of nitrogens with one attached hydrogen (secondary N) is 3. The van der Waals surface area contributed by atoms with Crippen molar-refractivity contribution >= 4 is 28.6 Å². The molecular weight excluding hydrogens is 498 g/mol. The number of fused-ring (bicyclic) bond motifs is 1. The lowest BCUT2D eigenvalue weighted by Crippen LogP contribution is -2.27. The molecule has 4 aromatic rings. The first-order valence-electron chi connectivity index (χ1n) is 13.3. The first-order chi connectivity index (χ1) is 19.2. The molecule has 2 aliphatic rings. The fourth-order valence-corrected chi connectivity index (χ4v) is 5.12. The molecule has 3 atom stereocenters. The molecule has 2 fully saturated rings. The van der Waals surface area contributed by atoms with Gasteiger partial charge in [0.15, 0.2) is 11.6 Å². The number of alkyl carbamates (subject to hydrolysis) is 1. The van der Waals surface area contributed by atoms with Gasteiger partial charge in [0.1, 0.15) is 17.4 Å². The van der Waals surface area contributed by atoms with Crippen LogP contribution in [0.15, 0.2) is 55.1 Å². The zero-order valence-corrected chi connectivity index (χ0v) is 21.5. The maximum absolute atomic E-state index is 12.3. The molecule has 1 amide bonds. The van der Waals surface area contributed by atoms with Crippen molar-refractivity contribution in [3.8, 4) is 5.75 Å². The van der Waals surface area contributed by atoms with Crippen molar-refractivity contribution in [3.63, 3.8) is 0 Å². The van der Waals surface area contributed by atoms with E-state index in [-0.39, 0.29) is 12.0 Å². The van der Waals surface area contributed by atoms with Gasteiger partial charge in [-0.15, -0.1) is 0 Å². The molecule has 1 aliphatic heterocycles. The van der Waals surface area contributed by atoms with Crippen LogP contribution in [-0.2, 0) is 16.0 Å². The number of nitrogens with zero attached hydrogens (tertiary/aromatic N) is 4. The third-order valence-electron chi connectivity index (χ3n) is 7.22. The minimum atomic E-state index is -0.411. The van der Waals surface area contributed by atoms with E-state index in [0.29, 0.717) is 36.2 Å². The molecule has 4 aromatic heterocycles. The minimum Gasteiger partial charge on any atom is -0.492 e. The van der Waals surface area contributed by atoms with Gasteiger partial charge in [0.2, 0.25) is 0 Å². The monoisotopic (exact) mass is 529 g/mol. The summed E-state index contributed by atoms with van der Waals surface area (Å²) >= 11 is 0. The normalized spacial score (nSPS) is 20.7. The number of hydrogen-bond donors (Lipinski definition) is 3. The number of carbonyl (C=O) groups is 1. The van der Waals surface area contributed by atoms with Crippen LogP contribution in [0.1, 0.15) is 42.9 Å². The zero-order valence-electron chi connectivity index (χ0n) is 21.5. The lowest BCUT2D eigenvalue weighted by atomic mass is 10.0. The second-order valence-electron chi connectivity index (χ2n) is 9.99. The quantitative estimate of drug-likeness (QED) is 0.287. The lowest BCUT2D eigenvalue weighted by molar-refractivity contribution is 0.0996. The highest BCUT2D eigenvalue weighted by Crippen LogP contribution is 2.36. The minimum absolute atomic E-state index is 0.137. The standard InChI is InChI=1S/C28H31N7O4/c36-28(32-15-18-2-1-8-29-14-18)39-21-4-3-20(12-21)23-13-25(35-34-23)33-27-26-22(5-9-31-27)24(6-10-30-26)38-17-19-7-11-37-16-19/h1-2,5-6,8-10,13-14,19-21H,3-4,7,11-12,15-17H2,(H,32,36)(H2,31,33,34,35). The van der Waals surface area contributed by atoms with Crippen LogP contribution in [0, 0.1) is 5.92 Å². The van der Waals surface area contributed by atoms with Crippen LogP contribution in [0.4, 0.5) is 16.4 Å². The van der Waals surface area contributed by atoms with Gasteiger partial charge in [-0.2, -0.15) is 5.10 Å². The maximum atomic E-state index is 12.3. The molecule has 1 aliphatic carbocycles. The predicted octanol–water partition coefficient (Wildman–Crippen LogP) is 4.47. The number of ether oxygens (including phenoxy) is 3. The molecule has 0 aromatic carbocycles. The summed E-state index contributed by atoms with van der Waals surface area (Å²) in [7, 11) is 0. The van der Waals surface area contributed by atoms with Gasteiger partial charge in [-0.05, 0) is 49.4 Å². The van der Waals surface area contributed by atoms with E-state index in [2.05, 4.69) is 35.8 Å². The summed E-state index contributed by atoms with van der Waals surface area (Å²) in [4.78, 5) is 25.4. The third-order valence-corrected chi connectivity index (χ3v) is 7.22. The molecule has 5 heterocycles. The van der Waals surface area contributed by atoms with Crippen molar-refractivity contribution in [2.24, 2.45) is 5.92 Å². The third kappa shape index (κ3) is 6.09. The number of carbonyl (C=O) groups excluding carboxylic acids is 1. The van der Waals surface area contributed by atoms with E-state index in [4.69, 9.17) is 14.2 Å². The van der Waals surface area contributed by atoms with Gasteiger partial charge in [0, 0.05) is 66.9 Å². The Balaban J connectivity index is 1.05. The highest BCUT2D eigenvalue weighted by molar-refractivity contribution is 5.93. The zero-order chi connectivity index (χ0) is 26.4. The summed E-state index contributed by atoms with van der Waals surface area (Å²) in [6.07, 6.45) is 9.81. The number of aromatic amines is 1. The van der Waals surface area contributed by atoms with Crippen LogP contribution in [0.25, 0.3) is 10.9 Å². The van der Waals surface area contributed by atoms with Crippen molar-refractivity contribution in [2.45, 2.75) is 44.2 Å². The Morgan fingerprint density at radius 3 is 2.95 bits per heavy atom. The molecular formula is C28H31N7O4. The van der Waals surface area contributed by atoms with Gasteiger partial charge in [-0.25, -0.2) is 9.78 Å². The van der Waals surface area contributed by atoms with Crippen molar-refractivity contribution in [3.05, 3.63) is 66.4 Å². The van der Waals surface area contributed by atoms with Crippen LogP contribution in [-0.4, -0.2) is 57.2 Å². The molecule has 3 unspecified atom stereocenters. The largest absolute Gasteiger partial charge is 0.492 e. The van der Waals surface area contributed by atoms with E-state index in [1.54, 1.807) is 24.8 Å². The summed E-state index contributed by atoms with van der Waals surface area (Å²) in [5, 5.41) is 14.6. The SMILES string of the molecule is O=C(NCc1cccnc1)OC1CCC(c2cc(Nc3nccc4c(OCC5CCOC5)ccnc34)n[nH]2)C1. The van der Waals surface area contributed by atoms with Gasteiger partial charge >= 0.3 is 6.09 Å². The first kappa shape index (κ1) is 25.1. The lowest BCUT2D eigenvalue weighted by Gasteiger charge is -2.13. The van der Waals surface area contributed by atoms with E-state index >= 15 is 0 Å². The van der Waals surface area contributed by atoms with Gasteiger partial charge in [-0.1, -0.05) is 6.07 Å². The number of pyridine rings is 3. The summed E-state index contributed by atoms with van der Waals surface area (Å²) < 4.78 is 17.2. The van der Waals surface area contributed by atoms with Gasteiger partial charge in [0.25, 0.3) is 0 Å². The van der Waals surface area contributed by atoms with E-state index in [0.717, 1.165) is 61.3 Å². The second-order valence-corrected chi connectivity index (χ2v) is 9.99. The number of amides is 1. The molecule has 202 valence electrons. The smallest absolute Gasteiger partial charge is 0.407 e. The molecule has 11 nitrogen and oxygen atoms in total. The second kappa shape index (κ2) is 11.6. The Morgan fingerprint density at radius 1 is 1.13 bits per heavy atom. The number of aromatic nitrogens is 5. The van der Waals surface area contributed by atoms with E-state index in [9.17, 15) is 4.79 Å². The highest BCUT2D eigenvalue weighted by atomic mass is 16.6. The Kier molecular flexibility index (Phi) is 7.48. The van der Waals surface area contributed by atoms with E-state index < -0.39 is 6.09 Å². The molecule has 0 radical (unpaired) electrons. The fraction of sp³-hybridized carbons (Fsp3) is 0.393. The van der Waals surface area contributed by atoms with Gasteiger partial charge < -0.3 is 24.8 Å². The summed E-state index contributed by atoms with van der Waals surface area (Å²) in [6, 6.07) is 9.52. The predicted molar refractivity (Wildman–Crippen MR) is 144 cm³/mol. The highest BCUT2D eigenvalue weighted by Gasteiger charge is 2.30. The number of anilines is 2. The van der Waals surface area contributed by atoms with E-state index in [1.165, 1.54) is 0 Å². The van der Waals surface area contributed by atoms with Gasteiger partial charge in [-0.3, -0.25) is 15.1 Å². The maximum Gasteiger partial charge on any atom is 0.407 e. The summed E-state index contributed by atoms with van der Waals surface area (Å²) in [5.41, 5.74) is 2.64. The molecule has 1 saturated carbocycles. The average Bonchev–Trinajstić information content (AvgIpc) is 3.74. The topological polar surface area (TPSA) is 136 Å². The van der Waals surface area contributed by atoms with Gasteiger partial charge in [0.05, 0.1) is 13.2 Å². The number of rotatable bonds is 9. The average molecular weight is 530 g/mol. The Labute approximate surface area is 225 Å². The van der Waals surface area contributed by atoms with Crippen molar-refractivity contribution in [1.29, 1.82) is 0 Å². The fourth-order valence-electron chi connectivity index (χ4n) is 5.12. The Hall–Kier alpha value is -4.25. The molecule has 6 rings (SSSR count). The van der Waals surface area contributed by atoms with Crippen molar-refractivity contribution in [1.82, 2.24) is 30.5 Å². The summed E-state index contributed by atoms with van der Waals surface area (Å²) in [6.45, 7) is 2.54. The number of H-pyrrole nitrogens is 1. The molecule has 0 bridgehead atoms. The molecule has 39 heavy (non-hydrogen) atoms. The van der Waals surface area contributed by atoms with Crippen LogP contribution >= 0.6 is 0 Å². The molecule has 1 saturated heterocycles. The molecule has 11 heteroatoms. The van der Waals surface area contributed by atoms with E-state index in [1.807, 2.05) is 30.3 Å². The van der Waals surface area contributed by atoms with Crippen molar-refractivity contribution in [2.75, 3.05) is 25.1 Å². The Morgan fingerprint density at radius 2 is 2.08 bits per heavy atom. The Bertz CT molecular complexity index is 1410. The first-order valence-corrected chi connectivity index (χ1v) is 13.3. The van der Waals surface area contributed by atoms with Crippen LogP contribution in [0.3, 0.4) is 0 Å². The molecule has 3 N–H and O–H groups in total. The van der Waals surface area contributed by atoms with Crippen LogP contribution < -0.4 is 15.4 Å². The van der Waals surface area contributed by atoms with Crippen LogP contribution in [0.2, 0.25) is 0 Å². The number of hydrogen-bond acceptors (Lipinski definition) is 9.